The predicted octanol–water partition coefficient (Wildman–Crippen LogP) is 3.93. The Kier molecular flexibility index (Phi) is 7.02. The highest BCUT2D eigenvalue weighted by Gasteiger charge is 2.34. The molecule has 0 N–H and O–H groups in total. The molecule has 2 heterocycles. The summed E-state index contributed by atoms with van der Waals surface area (Å²) in [5, 5.41) is 0. The first kappa shape index (κ1) is 22.4. The lowest BCUT2D eigenvalue weighted by molar-refractivity contribution is -0.163. The molecular weight excluding hydrogens is 403 g/mol. The molecule has 0 saturated carbocycles. The Morgan fingerprint density at radius 2 is 2.03 bits per heavy atom. The molecule has 0 fully saturated rings. The number of esters is 1. The van der Waals surface area contributed by atoms with Crippen LogP contribution in [0.4, 0.5) is 4.39 Å². The lowest BCUT2D eigenvalue weighted by atomic mass is 9.97. The van der Waals surface area contributed by atoms with Gasteiger partial charge in [0.1, 0.15) is 11.6 Å². The van der Waals surface area contributed by atoms with Gasteiger partial charge in [-0.05, 0) is 37.6 Å². The summed E-state index contributed by atoms with van der Waals surface area (Å²) in [5.74, 6) is 0.697. The Balaban J connectivity index is 1.57. The number of nitrogens with zero attached hydrogens (tertiary/aromatic N) is 2. The lowest BCUT2D eigenvalue weighted by Crippen LogP contribution is -2.40. The van der Waals surface area contributed by atoms with Crippen molar-refractivity contribution in [1.82, 2.24) is 9.97 Å². The Morgan fingerprint density at radius 3 is 2.68 bits per heavy atom. The number of hydrogen-bond donors (Lipinski definition) is 0. The second kappa shape index (κ2) is 9.70. The van der Waals surface area contributed by atoms with Crippen LogP contribution in [0.3, 0.4) is 0 Å². The van der Waals surface area contributed by atoms with Crippen LogP contribution in [0.5, 0.6) is 5.88 Å². The van der Waals surface area contributed by atoms with E-state index in [1.54, 1.807) is 31.3 Å². The largest absolute Gasteiger partial charge is 0.477 e. The third kappa shape index (κ3) is 5.46. The van der Waals surface area contributed by atoms with Crippen LogP contribution in [0, 0.1) is 12.7 Å². The highest BCUT2D eigenvalue weighted by Crippen LogP contribution is 2.23. The van der Waals surface area contributed by atoms with Crippen molar-refractivity contribution in [3.8, 4) is 17.3 Å². The van der Waals surface area contributed by atoms with Crippen LogP contribution in [-0.2, 0) is 27.1 Å². The Morgan fingerprint density at radius 1 is 1.23 bits per heavy atom. The van der Waals surface area contributed by atoms with E-state index in [-0.39, 0.29) is 5.82 Å². The summed E-state index contributed by atoms with van der Waals surface area (Å²) in [7, 11) is 2.79. The zero-order valence-corrected chi connectivity index (χ0v) is 18.0. The van der Waals surface area contributed by atoms with Gasteiger partial charge in [0.25, 0.3) is 0 Å². The van der Waals surface area contributed by atoms with Crippen LogP contribution in [-0.4, -0.2) is 42.4 Å². The van der Waals surface area contributed by atoms with Crippen molar-refractivity contribution >= 4 is 5.97 Å². The average Bonchev–Trinajstić information content (AvgIpc) is 3.15. The molecule has 3 aromatic rings. The number of benzene rings is 1. The van der Waals surface area contributed by atoms with Crippen molar-refractivity contribution in [3.05, 3.63) is 65.4 Å². The van der Waals surface area contributed by atoms with Gasteiger partial charge in [-0.25, -0.2) is 19.2 Å². The smallest absolute Gasteiger partial charge is 0.338 e. The van der Waals surface area contributed by atoms with E-state index in [9.17, 15) is 9.18 Å². The topological polar surface area (TPSA) is 83.7 Å². The highest BCUT2D eigenvalue weighted by atomic mass is 19.1. The van der Waals surface area contributed by atoms with Crippen molar-refractivity contribution < 1.29 is 27.8 Å². The van der Waals surface area contributed by atoms with Gasteiger partial charge in [-0.2, -0.15) is 0 Å². The third-order valence-electron chi connectivity index (χ3n) is 4.96. The van der Waals surface area contributed by atoms with E-state index in [2.05, 4.69) is 9.97 Å². The van der Waals surface area contributed by atoms with Gasteiger partial charge >= 0.3 is 5.97 Å². The van der Waals surface area contributed by atoms with E-state index >= 15 is 0 Å². The molecule has 164 valence electrons. The molecule has 2 aromatic heterocycles. The van der Waals surface area contributed by atoms with Crippen LogP contribution in [0.2, 0.25) is 0 Å². The fourth-order valence-electron chi connectivity index (χ4n) is 3.09. The average molecular weight is 428 g/mol. The second-order valence-corrected chi connectivity index (χ2v) is 7.24. The number of aromatic nitrogens is 2. The second-order valence-electron chi connectivity index (χ2n) is 7.24. The van der Waals surface area contributed by atoms with Crippen molar-refractivity contribution in [3.63, 3.8) is 0 Å². The minimum Gasteiger partial charge on any atom is -0.477 e. The summed E-state index contributed by atoms with van der Waals surface area (Å²) in [6, 6.07) is 9.67. The van der Waals surface area contributed by atoms with E-state index in [1.165, 1.54) is 26.4 Å². The Hall–Kier alpha value is -3.26. The van der Waals surface area contributed by atoms with E-state index in [1.807, 2.05) is 13.0 Å². The first-order valence-corrected chi connectivity index (χ1v) is 9.78. The summed E-state index contributed by atoms with van der Waals surface area (Å²) in [6.45, 7) is 3.83. The standard InChI is InChI=1S/C23H25FN2O5/c1-15-19(26-21(31-15)17-6-5-7-18(24)12-17)10-11-30-20-9-8-16(14-25-20)13-23(2,29-4)22(27)28-3/h5-9,12,14H,10-11,13H2,1-4H3. The highest BCUT2D eigenvalue weighted by molar-refractivity contribution is 5.79. The van der Waals surface area contributed by atoms with Crippen molar-refractivity contribution in [1.29, 1.82) is 0 Å². The molecule has 0 aliphatic carbocycles. The number of aryl methyl sites for hydroxylation is 1. The Bertz CT molecular complexity index is 1030. The fourth-order valence-corrected chi connectivity index (χ4v) is 3.09. The van der Waals surface area contributed by atoms with Gasteiger partial charge in [0.05, 0.1) is 19.4 Å². The molecule has 1 aromatic carbocycles. The lowest BCUT2D eigenvalue weighted by Gasteiger charge is -2.24. The van der Waals surface area contributed by atoms with Gasteiger partial charge in [-0.3, -0.25) is 0 Å². The number of oxazole rings is 1. The minimum absolute atomic E-state index is 0.324. The molecular formula is C23H25FN2O5. The van der Waals surface area contributed by atoms with Gasteiger partial charge in [-0.15, -0.1) is 0 Å². The van der Waals surface area contributed by atoms with Crippen LogP contribution < -0.4 is 4.74 Å². The van der Waals surface area contributed by atoms with Crippen LogP contribution >= 0.6 is 0 Å². The normalized spacial score (nSPS) is 12.9. The van der Waals surface area contributed by atoms with Gasteiger partial charge in [0, 0.05) is 37.8 Å². The molecule has 0 bridgehead atoms. The minimum atomic E-state index is -1.08. The maximum absolute atomic E-state index is 13.4. The number of carbonyl (C=O) groups is 1. The first-order chi connectivity index (χ1) is 14.8. The van der Waals surface area contributed by atoms with E-state index < -0.39 is 11.6 Å². The first-order valence-electron chi connectivity index (χ1n) is 9.78. The number of ether oxygens (including phenoxy) is 3. The van der Waals surface area contributed by atoms with Gasteiger partial charge in [-0.1, -0.05) is 12.1 Å². The van der Waals surface area contributed by atoms with E-state index in [0.717, 1.165) is 11.3 Å². The van der Waals surface area contributed by atoms with Crippen LogP contribution in [0.1, 0.15) is 23.9 Å². The molecule has 0 spiro atoms. The zero-order valence-electron chi connectivity index (χ0n) is 18.0. The number of pyridine rings is 1. The van der Waals surface area contributed by atoms with Crippen molar-refractivity contribution in [2.24, 2.45) is 0 Å². The Labute approximate surface area is 180 Å². The third-order valence-corrected chi connectivity index (χ3v) is 4.96. The number of hydrogen-bond acceptors (Lipinski definition) is 7. The molecule has 0 aliphatic heterocycles. The van der Waals surface area contributed by atoms with E-state index in [0.29, 0.717) is 42.5 Å². The van der Waals surface area contributed by atoms with Crippen molar-refractivity contribution in [2.75, 3.05) is 20.8 Å². The molecule has 8 heteroatoms. The number of halogens is 1. The zero-order chi connectivity index (χ0) is 22.4. The number of methoxy groups -OCH3 is 2. The molecule has 1 unspecified atom stereocenters. The van der Waals surface area contributed by atoms with Crippen molar-refractivity contribution in [2.45, 2.75) is 32.3 Å². The molecule has 0 saturated heterocycles. The quantitative estimate of drug-likeness (QED) is 0.478. The molecule has 3 rings (SSSR count). The number of carbonyl (C=O) groups excluding carboxylic acids is 1. The molecule has 1 atom stereocenters. The fraction of sp³-hybridized carbons (Fsp3) is 0.348. The monoisotopic (exact) mass is 428 g/mol. The van der Waals surface area contributed by atoms with Crippen LogP contribution in [0.15, 0.2) is 47.0 Å². The van der Waals surface area contributed by atoms with Gasteiger partial charge < -0.3 is 18.6 Å². The molecule has 7 nitrogen and oxygen atoms in total. The van der Waals surface area contributed by atoms with Crippen LogP contribution in [0.25, 0.3) is 11.5 Å². The molecule has 0 radical (unpaired) electrons. The van der Waals surface area contributed by atoms with E-state index in [4.69, 9.17) is 18.6 Å². The molecule has 0 amide bonds. The summed E-state index contributed by atoms with van der Waals surface area (Å²) in [6.07, 6.45) is 2.47. The molecule has 0 aliphatic rings. The predicted molar refractivity (Wildman–Crippen MR) is 111 cm³/mol. The van der Waals surface area contributed by atoms with Gasteiger partial charge in [0.15, 0.2) is 5.60 Å². The summed E-state index contributed by atoms with van der Waals surface area (Å²) in [4.78, 5) is 20.7. The molecule has 31 heavy (non-hydrogen) atoms. The summed E-state index contributed by atoms with van der Waals surface area (Å²) >= 11 is 0. The number of rotatable bonds is 9. The SMILES string of the molecule is COC(=O)C(C)(Cc1ccc(OCCc2nc(-c3cccc(F)c3)oc2C)nc1)OC. The van der Waals surface area contributed by atoms with Gasteiger partial charge in [0.2, 0.25) is 11.8 Å². The maximum Gasteiger partial charge on any atom is 0.338 e. The summed E-state index contributed by atoms with van der Waals surface area (Å²) in [5.41, 5.74) is 1.06. The maximum atomic E-state index is 13.4. The summed E-state index contributed by atoms with van der Waals surface area (Å²) < 4.78 is 34.9.